The minimum absolute atomic E-state index is 0.00815. The zero-order valence-corrected chi connectivity index (χ0v) is 12.7. The SMILES string of the molecule is CC(C)C(O)CNS(=O)(=O)c1ccc(CCCl)cc1. The van der Waals surface area contributed by atoms with Crippen LogP contribution in [0.3, 0.4) is 0 Å². The molecule has 19 heavy (non-hydrogen) atoms. The Morgan fingerprint density at radius 1 is 1.26 bits per heavy atom. The molecule has 108 valence electrons. The topological polar surface area (TPSA) is 66.4 Å². The monoisotopic (exact) mass is 305 g/mol. The lowest BCUT2D eigenvalue weighted by molar-refractivity contribution is 0.129. The number of aliphatic hydroxyl groups is 1. The van der Waals surface area contributed by atoms with Crippen molar-refractivity contribution in [2.45, 2.75) is 31.3 Å². The molecule has 0 aliphatic heterocycles. The summed E-state index contributed by atoms with van der Waals surface area (Å²) >= 11 is 5.62. The number of hydrogen-bond acceptors (Lipinski definition) is 3. The molecule has 1 aromatic carbocycles. The van der Waals surface area contributed by atoms with Crippen LogP contribution in [0, 0.1) is 5.92 Å². The summed E-state index contributed by atoms with van der Waals surface area (Å²) in [4.78, 5) is 0.196. The van der Waals surface area contributed by atoms with E-state index >= 15 is 0 Å². The lowest BCUT2D eigenvalue weighted by Gasteiger charge is -2.15. The second-order valence-electron chi connectivity index (χ2n) is 4.75. The molecule has 1 atom stereocenters. The fourth-order valence-electron chi connectivity index (χ4n) is 1.46. The summed E-state index contributed by atoms with van der Waals surface area (Å²) in [5.74, 6) is 0.513. The van der Waals surface area contributed by atoms with Gasteiger partial charge in [0.15, 0.2) is 0 Å². The maximum atomic E-state index is 12.0. The van der Waals surface area contributed by atoms with E-state index in [9.17, 15) is 13.5 Å². The van der Waals surface area contributed by atoms with E-state index in [2.05, 4.69) is 4.72 Å². The highest BCUT2D eigenvalue weighted by Gasteiger charge is 2.17. The first-order chi connectivity index (χ1) is 8.86. The average molecular weight is 306 g/mol. The number of benzene rings is 1. The van der Waals surface area contributed by atoms with Gasteiger partial charge in [-0.2, -0.15) is 0 Å². The highest BCUT2D eigenvalue weighted by Crippen LogP contribution is 2.12. The normalized spacial score (nSPS) is 13.7. The lowest BCUT2D eigenvalue weighted by Crippen LogP contribution is -2.34. The number of aryl methyl sites for hydroxylation is 1. The van der Waals surface area contributed by atoms with Crippen molar-refractivity contribution in [3.63, 3.8) is 0 Å². The second kappa shape index (κ2) is 7.24. The van der Waals surface area contributed by atoms with Crippen molar-refractivity contribution in [2.24, 2.45) is 5.92 Å². The van der Waals surface area contributed by atoms with Crippen molar-refractivity contribution >= 4 is 21.6 Å². The molecule has 1 rings (SSSR count). The van der Waals surface area contributed by atoms with Crippen LogP contribution >= 0.6 is 11.6 Å². The molecule has 0 radical (unpaired) electrons. The average Bonchev–Trinajstić information content (AvgIpc) is 2.37. The van der Waals surface area contributed by atoms with Crippen molar-refractivity contribution in [1.82, 2.24) is 4.72 Å². The molecule has 1 aromatic rings. The molecule has 1 unspecified atom stereocenters. The molecule has 0 saturated carbocycles. The molecule has 0 aromatic heterocycles. The Morgan fingerprint density at radius 2 is 1.84 bits per heavy atom. The number of rotatable bonds is 7. The molecule has 0 fully saturated rings. The first-order valence-electron chi connectivity index (χ1n) is 6.19. The number of halogens is 1. The van der Waals surface area contributed by atoms with Crippen LogP contribution < -0.4 is 4.72 Å². The predicted octanol–water partition coefficient (Wildman–Crippen LogP) is 1.76. The van der Waals surface area contributed by atoms with Gasteiger partial charge >= 0.3 is 0 Å². The Balaban J connectivity index is 2.71. The van der Waals surface area contributed by atoms with Gasteiger partial charge < -0.3 is 5.11 Å². The van der Waals surface area contributed by atoms with Crippen molar-refractivity contribution in [3.05, 3.63) is 29.8 Å². The molecule has 2 N–H and O–H groups in total. The molecule has 0 aliphatic rings. The van der Waals surface area contributed by atoms with Crippen molar-refractivity contribution in [3.8, 4) is 0 Å². The highest BCUT2D eigenvalue weighted by molar-refractivity contribution is 7.89. The van der Waals surface area contributed by atoms with E-state index in [0.717, 1.165) is 5.56 Å². The predicted molar refractivity (Wildman–Crippen MR) is 76.9 cm³/mol. The fourth-order valence-corrected chi connectivity index (χ4v) is 2.73. The van der Waals surface area contributed by atoms with Crippen molar-refractivity contribution in [2.75, 3.05) is 12.4 Å². The summed E-state index contributed by atoms with van der Waals surface area (Å²) in [6.07, 6.45) is 0.0202. The summed E-state index contributed by atoms with van der Waals surface area (Å²) in [6, 6.07) is 6.59. The first kappa shape index (κ1) is 16.4. The van der Waals surface area contributed by atoms with Crippen LogP contribution in [0.15, 0.2) is 29.2 Å². The molecule has 0 amide bonds. The molecule has 0 saturated heterocycles. The van der Waals surface area contributed by atoms with Gasteiger partial charge in [0, 0.05) is 12.4 Å². The van der Waals surface area contributed by atoms with Gasteiger partial charge in [0.05, 0.1) is 11.0 Å². The number of nitrogens with one attached hydrogen (secondary N) is 1. The van der Waals surface area contributed by atoms with Crippen molar-refractivity contribution < 1.29 is 13.5 Å². The molecular weight excluding hydrogens is 286 g/mol. The second-order valence-corrected chi connectivity index (χ2v) is 6.89. The number of sulfonamides is 1. The maximum Gasteiger partial charge on any atom is 0.240 e. The Kier molecular flexibility index (Phi) is 6.26. The maximum absolute atomic E-state index is 12.0. The van der Waals surface area contributed by atoms with Crippen LogP contribution in [0.1, 0.15) is 19.4 Å². The van der Waals surface area contributed by atoms with Gasteiger partial charge in [-0.1, -0.05) is 26.0 Å². The third-order valence-corrected chi connectivity index (χ3v) is 4.50. The summed E-state index contributed by atoms with van der Waals surface area (Å²) in [5, 5.41) is 9.61. The minimum atomic E-state index is -3.56. The Hall–Kier alpha value is -0.620. The summed E-state index contributed by atoms with van der Waals surface area (Å²) < 4.78 is 26.4. The smallest absolute Gasteiger partial charge is 0.240 e. The van der Waals surface area contributed by atoms with Gasteiger partial charge in [-0.3, -0.25) is 0 Å². The van der Waals surface area contributed by atoms with E-state index in [1.54, 1.807) is 24.3 Å². The van der Waals surface area contributed by atoms with Crippen LogP contribution in [0.4, 0.5) is 0 Å². The summed E-state index contributed by atoms with van der Waals surface area (Å²) in [5.41, 5.74) is 0.996. The van der Waals surface area contributed by atoms with Gasteiger partial charge in [0.2, 0.25) is 10.0 Å². The van der Waals surface area contributed by atoms with Gasteiger partial charge in [-0.05, 0) is 30.0 Å². The quantitative estimate of drug-likeness (QED) is 0.754. The van der Waals surface area contributed by atoms with Crippen LogP contribution in [0.5, 0.6) is 0 Å². The van der Waals surface area contributed by atoms with E-state index in [-0.39, 0.29) is 17.4 Å². The van der Waals surface area contributed by atoms with E-state index < -0.39 is 16.1 Å². The Morgan fingerprint density at radius 3 is 2.32 bits per heavy atom. The molecule has 0 bridgehead atoms. The summed E-state index contributed by atoms with van der Waals surface area (Å²) in [7, 11) is -3.56. The van der Waals surface area contributed by atoms with E-state index in [1.165, 1.54) is 0 Å². The van der Waals surface area contributed by atoms with E-state index in [4.69, 9.17) is 11.6 Å². The van der Waals surface area contributed by atoms with Gasteiger partial charge in [-0.25, -0.2) is 13.1 Å². The van der Waals surface area contributed by atoms with Gasteiger partial charge in [-0.15, -0.1) is 11.6 Å². The third kappa shape index (κ3) is 5.10. The number of aliphatic hydroxyl groups excluding tert-OH is 1. The molecule has 0 aliphatic carbocycles. The Labute approximate surface area is 119 Å². The lowest BCUT2D eigenvalue weighted by atomic mass is 10.1. The van der Waals surface area contributed by atoms with E-state index in [0.29, 0.717) is 12.3 Å². The molecule has 0 heterocycles. The minimum Gasteiger partial charge on any atom is -0.391 e. The van der Waals surface area contributed by atoms with Crippen molar-refractivity contribution in [1.29, 1.82) is 0 Å². The first-order valence-corrected chi connectivity index (χ1v) is 8.21. The van der Waals surface area contributed by atoms with E-state index in [1.807, 2.05) is 13.8 Å². The highest BCUT2D eigenvalue weighted by atomic mass is 35.5. The van der Waals surface area contributed by atoms with Gasteiger partial charge in [0.25, 0.3) is 0 Å². The largest absolute Gasteiger partial charge is 0.391 e. The zero-order valence-electron chi connectivity index (χ0n) is 11.1. The van der Waals surface area contributed by atoms with Crippen LogP contribution in [0.2, 0.25) is 0 Å². The fraction of sp³-hybridized carbons (Fsp3) is 0.538. The molecule has 0 spiro atoms. The molecule has 6 heteroatoms. The third-order valence-electron chi connectivity index (χ3n) is 2.87. The molecular formula is C13H20ClNO3S. The number of hydrogen-bond donors (Lipinski definition) is 2. The van der Waals surface area contributed by atoms with Crippen LogP contribution in [0.25, 0.3) is 0 Å². The zero-order chi connectivity index (χ0) is 14.5. The Bertz CT molecular complexity index is 485. The standard InChI is InChI=1S/C13H20ClNO3S/c1-10(2)13(16)9-15-19(17,18)12-5-3-11(4-6-12)7-8-14/h3-6,10,13,15-16H,7-9H2,1-2H3. The van der Waals surface area contributed by atoms with Crippen LogP contribution in [-0.4, -0.2) is 32.1 Å². The number of alkyl halides is 1. The van der Waals surface area contributed by atoms with Crippen LogP contribution in [-0.2, 0) is 16.4 Å². The summed E-state index contributed by atoms with van der Waals surface area (Å²) in [6.45, 7) is 3.68. The molecule has 4 nitrogen and oxygen atoms in total. The van der Waals surface area contributed by atoms with Gasteiger partial charge in [0.1, 0.15) is 0 Å².